The number of carbonyl (C=O) groups is 1. The normalized spacial score (nSPS) is 9.56. The number of benzene rings is 2. The number of aryl methyl sites for hydroxylation is 2. The second-order valence-electron chi connectivity index (χ2n) is 3.93. The Morgan fingerprint density at radius 2 is 1.50 bits per heavy atom. The third-order valence-electron chi connectivity index (χ3n) is 2.76. The Hall–Kier alpha value is -1.49. The van der Waals surface area contributed by atoms with Crippen LogP contribution in [-0.4, -0.2) is 5.97 Å². The number of aromatic carboxylic acids is 1. The van der Waals surface area contributed by atoms with Crippen molar-refractivity contribution in [1.82, 2.24) is 0 Å². The summed E-state index contributed by atoms with van der Waals surface area (Å²) in [6.45, 7) is 0. The van der Waals surface area contributed by atoms with E-state index in [1.54, 1.807) is 12.1 Å². The van der Waals surface area contributed by atoms with Gasteiger partial charge in [-0.15, -0.1) is 0 Å². The molecule has 86 valence electrons. The average Bonchev–Trinajstić information content (AvgIpc) is 2.38. The fraction of sp³-hybridized carbons (Fsp3) is 0.133. The van der Waals surface area contributed by atoms with Crippen LogP contribution in [0.2, 0.25) is 0 Å². The van der Waals surface area contributed by atoms with Crippen LogP contribution in [0, 0.1) is 0 Å². The van der Waals surface area contributed by atoms with Crippen LogP contribution < -0.4 is 24.0 Å². The van der Waals surface area contributed by atoms with Crippen molar-refractivity contribution in [3.8, 4) is 0 Å². The summed E-state index contributed by atoms with van der Waals surface area (Å²) in [5.74, 6) is -1.10. The Bertz CT molecular complexity index is 509. The minimum atomic E-state index is -1.10. The maximum absolute atomic E-state index is 10.9. The minimum absolute atomic E-state index is 0. The van der Waals surface area contributed by atoms with Gasteiger partial charge in [-0.25, -0.2) is 0 Å². The van der Waals surface area contributed by atoms with Crippen molar-refractivity contribution in [2.45, 2.75) is 12.8 Å². The second-order valence-corrected chi connectivity index (χ2v) is 3.93. The molecule has 18 heavy (non-hydrogen) atoms. The van der Waals surface area contributed by atoms with E-state index in [1.807, 2.05) is 42.5 Å². The SMILES string of the molecule is O=C([O-])c1ccccc1CCc1ccccc1.[Li+]. The van der Waals surface area contributed by atoms with Crippen molar-refractivity contribution in [3.05, 3.63) is 71.3 Å². The minimum Gasteiger partial charge on any atom is -0.545 e. The first kappa shape index (κ1) is 14.6. The Morgan fingerprint density at radius 1 is 0.889 bits per heavy atom. The average molecular weight is 232 g/mol. The molecule has 0 radical (unpaired) electrons. The standard InChI is InChI=1S/C15H14O2.Li/c16-15(17)14-9-5-4-8-13(14)11-10-12-6-2-1-3-7-12;/h1-9H,10-11H2,(H,16,17);/q;+1/p-1. The molecule has 2 nitrogen and oxygen atoms in total. The molecular formula is C15H13LiO2. The third kappa shape index (κ3) is 3.77. The predicted molar refractivity (Wildman–Crippen MR) is 64.6 cm³/mol. The monoisotopic (exact) mass is 232 g/mol. The first-order chi connectivity index (χ1) is 8.27. The van der Waals surface area contributed by atoms with Gasteiger partial charge in [0.25, 0.3) is 0 Å². The molecule has 0 saturated heterocycles. The number of hydrogen-bond donors (Lipinski definition) is 0. The molecule has 0 bridgehead atoms. The van der Waals surface area contributed by atoms with Crippen molar-refractivity contribution in [3.63, 3.8) is 0 Å². The Labute approximate surface area is 119 Å². The van der Waals surface area contributed by atoms with Gasteiger partial charge in [0.05, 0.1) is 5.97 Å². The smallest absolute Gasteiger partial charge is 0.545 e. The van der Waals surface area contributed by atoms with E-state index in [4.69, 9.17) is 0 Å². The Morgan fingerprint density at radius 3 is 2.17 bits per heavy atom. The molecule has 0 heterocycles. The second kappa shape index (κ2) is 7.06. The summed E-state index contributed by atoms with van der Waals surface area (Å²) in [7, 11) is 0. The molecule has 3 heteroatoms. The van der Waals surface area contributed by atoms with Gasteiger partial charge in [-0.05, 0) is 24.0 Å². The van der Waals surface area contributed by atoms with Gasteiger partial charge in [0.15, 0.2) is 0 Å². The fourth-order valence-corrected chi connectivity index (χ4v) is 1.86. The van der Waals surface area contributed by atoms with Crippen molar-refractivity contribution >= 4 is 5.97 Å². The van der Waals surface area contributed by atoms with Crippen molar-refractivity contribution in [2.75, 3.05) is 0 Å². The summed E-state index contributed by atoms with van der Waals surface area (Å²) in [6, 6.07) is 17.0. The number of carbonyl (C=O) groups excluding carboxylic acids is 1. The summed E-state index contributed by atoms with van der Waals surface area (Å²) >= 11 is 0. The van der Waals surface area contributed by atoms with Crippen LogP contribution in [0.4, 0.5) is 0 Å². The largest absolute Gasteiger partial charge is 1.00 e. The first-order valence-electron chi connectivity index (χ1n) is 5.60. The summed E-state index contributed by atoms with van der Waals surface area (Å²) in [5, 5.41) is 10.9. The number of carboxylic acids is 1. The molecule has 0 N–H and O–H groups in total. The van der Waals surface area contributed by atoms with Gasteiger partial charge in [0.1, 0.15) is 0 Å². The van der Waals surface area contributed by atoms with Crippen LogP contribution in [0.1, 0.15) is 21.5 Å². The summed E-state index contributed by atoms with van der Waals surface area (Å²) < 4.78 is 0. The molecule has 0 fully saturated rings. The van der Waals surface area contributed by atoms with E-state index in [-0.39, 0.29) is 18.9 Å². The van der Waals surface area contributed by atoms with E-state index >= 15 is 0 Å². The van der Waals surface area contributed by atoms with Crippen LogP contribution in [0.25, 0.3) is 0 Å². The van der Waals surface area contributed by atoms with Crippen LogP contribution in [0.3, 0.4) is 0 Å². The van der Waals surface area contributed by atoms with E-state index in [2.05, 4.69) is 0 Å². The maximum atomic E-state index is 10.9. The zero-order valence-electron chi connectivity index (χ0n) is 10.4. The Kier molecular flexibility index (Phi) is 5.71. The molecule has 0 saturated carbocycles. The fourth-order valence-electron chi connectivity index (χ4n) is 1.86. The molecule has 0 unspecified atom stereocenters. The van der Waals surface area contributed by atoms with Crippen molar-refractivity contribution in [1.29, 1.82) is 0 Å². The molecule has 0 aliphatic heterocycles. The van der Waals surface area contributed by atoms with Gasteiger partial charge < -0.3 is 9.90 Å². The van der Waals surface area contributed by atoms with Crippen molar-refractivity contribution in [2.24, 2.45) is 0 Å². The van der Waals surface area contributed by atoms with E-state index in [0.29, 0.717) is 12.0 Å². The third-order valence-corrected chi connectivity index (χ3v) is 2.76. The summed E-state index contributed by atoms with van der Waals surface area (Å²) in [6.07, 6.45) is 1.55. The maximum Gasteiger partial charge on any atom is 1.00 e. The molecule has 0 aliphatic rings. The number of hydrogen-bond acceptors (Lipinski definition) is 2. The van der Waals surface area contributed by atoms with E-state index in [9.17, 15) is 9.90 Å². The molecular weight excluding hydrogens is 219 g/mol. The van der Waals surface area contributed by atoms with Gasteiger partial charge in [-0.2, -0.15) is 0 Å². The van der Waals surface area contributed by atoms with Crippen LogP contribution >= 0.6 is 0 Å². The molecule has 2 rings (SSSR count). The van der Waals surface area contributed by atoms with Gasteiger partial charge in [-0.3, -0.25) is 0 Å². The van der Waals surface area contributed by atoms with Crippen molar-refractivity contribution < 1.29 is 28.8 Å². The summed E-state index contributed by atoms with van der Waals surface area (Å²) in [4.78, 5) is 10.9. The zero-order valence-corrected chi connectivity index (χ0v) is 10.4. The molecule has 0 atom stereocenters. The Balaban J connectivity index is 0.00000162. The van der Waals surface area contributed by atoms with Crippen LogP contribution in [-0.2, 0) is 12.8 Å². The molecule has 0 aliphatic carbocycles. The molecule has 0 amide bonds. The van der Waals surface area contributed by atoms with E-state index in [0.717, 1.165) is 12.0 Å². The molecule has 2 aromatic carbocycles. The molecule has 2 aromatic rings. The van der Waals surface area contributed by atoms with Gasteiger partial charge in [0, 0.05) is 5.56 Å². The van der Waals surface area contributed by atoms with Gasteiger partial charge >= 0.3 is 18.9 Å². The van der Waals surface area contributed by atoms with Gasteiger partial charge in [-0.1, -0.05) is 54.6 Å². The van der Waals surface area contributed by atoms with Crippen LogP contribution in [0.5, 0.6) is 0 Å². The van der Waals surface area contributed by atoms with E-state index < -0.39 is 5.97 Å². The zero-order chi connectivity index (χ0) is 12.1. The summed E-state index contributed by atoms with van der Waals surface area (Å²) in [5.41, 5.74) is 2.33. The first-order valence-corrected chi connectivity index (χ1v) is 5.60. The predicted octanol–water partition coefficient (Wildman–Crippen LogP) is -1.16. The number of carboxylic acid groups (broad SMARTS) is 1. The molecule has 0 aromatic heterocycles. The quantitative estimate of drug-likeness (QED) is 0.624. The van der Waals surface area contributed by atoms with Crippen LogP contribution in [0.15, 0.2) is 54.6 Å². The number of rotatable bonds is 4. The van der Waals surface area contributed by atoms with E-state index in [1.165, 1.54) is 5.56 Å². The topological polar surface area (TPSA) is 40.1 Å². The van der Waals surface area contributed by atoms with Gasteiger partial charge in [0.2, 0.25) is 0 Å². The molecule has 0 spiro atoms.